The molecule has 0 unspecified atom stereocenters. The van der Waals surface area contributed by atoms with Crippen molar-refractivity contribution in [2.45, 2.75) is 6.54 Å². The molecule has 3 aromatic heterocycles. The number of hydrogen-bond donors (Lipinski definition) is 2. The Morgan fingerprint density at radius 1 is 1.15 bits per heavy atom. The molecule has 0 atom stereocenters. The Balaban J connectivity index is 1.36. The predicted molar refractivity (Wildman–Crippen MR) is 129 cm³/mol. The van der Waals surface area contributed by atoms with Gasteiger partial charge in [-0.15, -0.1) is 11.3 Å². The molecule has 174 valence electrons. The summed E-state index contributed by atoms with van der Waals surface area (Å²) in [5.74, 6) is -0.103. The highest BCUT2D eigenvalue weighted by Gasteiger charge is 2.15. The van der Waals surface area contributed by atoms with Crippen molar-refractivity contribution in [3.63, 3.8) is 0 Å². The average Bonchev–Trinajstić information content (AvgIpc) is 3.27. The predicted octanol–water partition coefficient (Wildman–Crippen LogP) is 4.61. The van der Waals surface area contributed by atoms with Crippen molar-refractivity contribution in [3.8, 4) is 22.1 Å². The number of primary amides is 1. The van der Waals surface area contributed by atoms with Crippen molar-refractivity contribution in [2.75, 3.05) is 31.6 Å². The maximum Gasteiger partial charge on any atom is 0.316 e. The van der Waals surface area contributed by atoms with E-state index < -0.39 is 11.8 Å². The molecule has 1 fully saturated rings. The van der Waals surface area contributed by atoms with Gasteiger partial charge in [-0.2, -0.15) is 0 Å². The van der Waals surface area contributed by atoms with Crippen LogP contribution in [0, 0.1) is 5.82 Å². The van der Waals surface area contributed by atoms with Gasteiger partial charge >= 0.3 is 6.03 Å². The second-order valence-corrected chi connectivity index (χ2v) is 8.86. The summed E-state index contributed by atoms with van der Waals surface area (Å²) in [7, 11) is 0. The van der Waals surface area contributed by atoms with Gasteiger partial charge in [0, 0.05) is 49.8 Å². The summed E-state index contributed by atoms with van der Waals surface area (Å²) >= 11 is 1.48. The van der Waals surface area contributed by atoms with E-state index in [1.54, 1.807) is 12.3 Å². The minimum atomic E-state index is -0.766. The van der Waals surface area contributed by atoms with Crippen LogP contribution in [0.2, 0.25) is 0 Å². The lowest BCUT2D eigenvalue weighted by atomic mass is 10.2. The second-order valence-electron chi connectivity index (χ2n) is 7.81. The van der Waals surface area contributed by atoms with Gasteiger partial charge in [0.05, 0.1) is 34.0 Å². The van der Waals surface area contributed by atoms with E-state index in [1.165, 1.54) is 23.5 Å². The van der Waals surface area contributed by atoms with Crippen LogP contribution in [-0.2, 0) is 11.3 Å². The van der Waals surface area contributed by atoms with Crippen LogP contribution >= 0.6 is 11.3 Å². The maximum atomic E-state index is 14.5. The molecule has 34 heavy (non-hydrogen) atoms. The van der Waals surface area contributed by atoms with Crippen LogP contribution in [0.1, 0.15) is 5.56 Å². The molecule has 3 N–H and O–H groups in total. The zero-order valence-corrected chi connectivity index (χ0v) is 19.0. The molecule has 2 amide bonds. The van der Waals surface area contributed by atoms with E-state index in [9.17, 15) is 9.18 Å². The van der Waals surface area contributed by atoms with Crippen LogP contribution in [0.15, 0.2) is 54.9 Å². The van der Waals surface area contributed by atoms with Crippen LogP contribution < -0.4 is 15.8 Å². The normalized spacial score (nSPS) is 14.3. The van der Waals surface area contributed by atoms with Crippen molar-refractivity contribution < 1.29 is 18.7 Å². The first-order valence-corrected chi connectivity index (χ1v) is 11.5. The number of urea groups is 1. The number of rotatable bonds is 6. The molecule has 0 bridgehead atoms. The Kier molecular flexibility index (Phi) is 6.35. The van der Waals surface area contributed by atoms with E-state index in [0.717, 1.165) is 65.3 Å². The first kappa shape index (κ1) is 22.2. The molecule has 1 aromatic carbocycles. The maximum absolute atomic E-state index is 14.5. The number of fused-ring (bicyclic) bond motifs is 1. The van der Waals surface area contributed by atoms with Gasteiger partial charge in [0.2, 0.25) is 0 Å². The Morgan fingerprint density at radius 3 is 2.74 bits per heavy atom. The van der Waals surface area contributed by atoms with E-state index >= 15 is 0 Å². The molecule has 0 aliphatic carbocycles. The minimum Gasteiger partial charge on any atom is -0.453 e. The summed E-state index contributed by atoms with van der Waals surface area (Å²) in [4.78, 5) is 23.3. The van der Waals surface area contributed by atoms with Crippen LogP contribution in [0.25, 0.3) is 20.8 Å². The average molecular weight is 480 g/mol. The Hall–Kier alpha value is -3.60. The number of halogens is 1. The number of benzene rings is 1. The highest BCUT2D eigenvalue weighted by atomic mass is 32.1. The van der Waals surface area contributed by atoms with Crippen molar-refractivity contribution in [2.24, 2.45) is 5.73 Å². The van der Waals surface area contributed by atoms with Gasteiger partial charge in [-0.3, -0.25) is 14.9 Å². The molecular weight excluding hydrogens is 457 g/mol. The molecule has 4 heterocycles. The van der Waals surface area contributed by atoms with Crippen LogP contribution in [0.4, 0.5) is 14.9 Å². The van der Waals surface area contributed by atoms with E-state index in [1.807, 2.05) is 18.3 Å². The molecule has 0 radical (unpaired) electrons. The van der Waals surface area contributed by atoms with Crippen LogP contribution in [-0.4, -0.2) is 47.2 Å². The Labute approximate surface area is 199 Å². The van der Waals surface area contributed by atoms with Crippen LogP contribution in [0.5, 0.6) is 11.5 Å². The van der Waals surface area contributed by atoms with E-state index in [2.05, 4.69) is 26.3 Å². The van der Waals surface area contributed by atoms with Crippen molar-refractivity contribution in [3.05, 3.63) is 66.2 Å². The number of ether oxygens (including phenoxy) is 2. The number of pyridine rings is 2. The zero-order valence-electron chi connectivity index (χ0n) is 18.2. The Bertz CT molecular complexity index is 1320. The first-order valence-electron chi connectivity index (χ1n) is 10.7. The number of nitrogens with two attached hydrogens (primary N) is 1. The van der Waals surface area contributed by atoms with Gasteiger partial charge < -0.3 is 20.5 Å². The van der Waals surface area contributed by atoms with Gasteiger partial charge in [0.15, 0.2) is 11.6 Å². The monoisotopic (exact) mass is 479 g/mol. The summed E-state index contributed by atoms with van der Waals surface area (Å²) in [6.07, 6.45) is 3.52. The van der Waals surface area contributed by atoms with E-state index in [4.69, 9.17) is 15.2 Å². The van der Waals surface area contributed by atoms with Crippen molar-refractivity contribution in [1.29, 1.82) is 0 Å². The summed E-state index contributed by atoms with van der Waals surface area (Å²) in [6.45, 7) is 4.24. The summed E-state index contributed by atoms with van der Waals surface area (Å²) in [5.41, 5.74) is 8.06. The number of anilines is 1. The molecule has 5 rings (SSSR count). The summed E-state index contributed by atoms with van der Waals surface area (Å²) in [5, 5.41) is 2.33. The second kappa shape index (κ2) is 9.72. The smallest absolute Gasteiger partial charge is 0.316 e. The van der Waals surface area contributed by atoms with Crippen molar-refractivity contribution in [1.82, 2.24) is 14.9 Å². The lowest BCUT2D eigenvalue weighted by Gasteiger charge is -2.26. The van der Waals surface area contributed by atoms with Gasteiger partial charge in [0.1, 0.15) is 5.75 Å². The molecule has 8 nitrogen and oxygen atoms in total. The minimum absolute atomic E-state index is 0.0306. The molecule has 0 spiro atoms. The third kappa shape index (κ3) is 4.98. The standard InChI is InChI=1S/C24H22FN5O3S/c25-17-11-16(29-24(26)31)2-4-20(17)33-21-5-6-27-19-12-22(34-23(19)21)18-3-1-15(13-28-18)14-30-7-9-32-10-8-30/h1-6,11-13H,7-10,14H2,(H3,26,29,31). The molecule has 1 aliphatic heterocycles. The molecule has 1 saturated heterocycles. The summed E-state index contributed by atoms with van der Waals surface area (Å²) < 4.78 is 26.6. The molecule has 10 heteroatoms. The van der Waals surface area contributed by atoms with E-state index in [0.29, 0.717) is 5.75 Å². The van der Waals surface area contributed by atoms with E-state index in [-0.39, 0.29) is 11.4 Å². The largest absolute Gasteiger partial charge is 0.453 e. The van der Waals surface area contributed by atoms with Crippen LogP contribution in [0.3, 0.4) is 0 Å². The van der Waals surface area contributed by atoms with Gasteiger partial charge in [0.25, 0.3) is 0 Å². The van der Waals surface area contributed by atoms with Crippen molar-refractivity contribution >= 4 is 33.3 Å². The first-order chi connectivity index (χ1) is 16.5. The third-order valence-corrected chi connectivity index (χ3v) is 6.54. The zero-order chi connectivity index (χ0) is 23.5. The fourth-order valence-corrected chi connectivity index (χ4v) is 4.77. The Morgan fingerprint density at radius 2 is 2.00 bits per heavy atom. The molecule has 0 saturated carbocycles. The number of carbonyl (C=O) groups excluding carboxylic acids is 1. The number of aromatic nitrogens is 2. The number of thiophene rings is 1. The van der Waals surface area contributed by atoms with Gasteiger partial charge in [-0.25, -0.2) is 9.18 Å². The topological polar surface area (TPSA) is 103 Å². The fraction of sp³-hybridized carbons (Fsp3) is 0.208. The SMILES string of the molecule is NC(=O)Nc1ccc(Oc2ccnc3cc(-c4ccc(CN5CCOCC5)cn4)sc23)c(F)c1. The third-order valence-electron chi connectivity index (χ3n) is 5.38. The number of hydrogen-bond acceptors (Lipinski definition) is 7. The highest BCUT2D eigenvalue weighted by molar-refractivity contribution is 7.22. The number of nitrogens with one attached hydrogen (secondary N) is 1. The lowest BCUT2D eigenvalue weighted by Crippen LogP contribution is -2.35. The van der Waals surface area contributed by atoms with Gasteiger partial charge in [-0.05, 0) is 29.8 Å². The molecule has 4 aromatic rings. The molecular formula is C24H22FN5O3S. The number of amides is 2. The van der Waals surface area contributed by atoms with Gasteiger partial charge in [-0.1, -0.05) is 6.07 Å². The molecule has 1 aliphatic rings. The number of carbonyl (C=O) groups is 1. The highest BCUT2D eigenvalue weighted by Crippen LogP contribution is 2.39. The summed E-state index contributed by atoms with van der Waals surface area (Å²) in [6, 6.07) is 11.1. The number of morpholine rings is 1. The lowest BCUT2D eigenvalue weighted by molar-refractivity contribution is 0.0341. The number of nitrogens with zero attached hydrogens (tertiary/aromatic N) is 3. The quantitative estimate of drug-likeness (QED) is 0.419. The fourth-order valence-electron chi connectivity index (χ4n) is 3.72.